The third-order valence-electron chi connectivity index (χ3n) is 2.86. The molecule has 0 spiro atoms. The summed E-state index contributed by atoms with van der Waals surface area (Å²) < 4.78 is 5.12. The zero-order valence-corrected chi connectivity index (χ0v) is 12.3. The smallest absolute Gasteiger partial charge is 0.240 e. The van der Waals surface area contributed by atoms with Gasteiger partial charge in [-0.3, -0.25) is 9.59 Å². The first-order valence-corrected chi connectivity index (χ1v) is 6.77. The van der Waals surface area contributed by atoms with Crippen LogP contribution < -0.4 is 10.2 Å². The molecule has 110 valence electrons. The molecule has 0 atom stereocenters. The summed E-state index contributed by atoms with van der Waals surface area (Å²) in [6.07, 6.45) is 1.54. The molecule has 0 aliphatic rings. The third-order valence-corrected chi connectivity index (χ3v) is 3.11. The third kappa shape index (κ3) is 4.36. The van der Waals surface area contributed by atoms with Crippen molar-refractivity contribution in [1.29, 1.82) is 0 Å². The normalized spacial score (nSPS) is 10.2. The molecule has 2 rings (SSSR count). The molecule has 0 saturated carbocycles. The number of benzene rings is 1. The van der Waals surface area contributed by atoms with Crippen LogP contribution in [0.4, 0.5) is 5.69 Å². The van der Waals surface area contributed by atoms with Crippen LogP contribution in [0.25, 0.3) is 0 Å². The number of amides is 2. The van der Waals surface area contributed by atoms with Gasteiger partial charge in [-0.1, -0.05) is 11.6 Å². The first-order valence-electron chi connectivity index (χ1n) is 6.39. The maximum Gasteiger partial charge on any atom is 0.240 e. The van der Waals surface area contributed by atoms with Crippen LogP contribution in [-0.4, -0.2) is 18.4 Å². The van der Waals surface area contributed by atoms with Crippen LogP contribution in [0.2, 0.25) is 5.02 Å². The van der Waals surface area contributed by atoms with Crippen LogP contribution in [0.3, 0.4) is 0 Å². The molecule has 1 aromatic carbocycles. The summed E-state index contributed by atoms with van der Waals surface area (Å²) in [5, 5.41) is 3.27. The van der Waals surface area contributed by atoms with Gasteiger partial charge in [-0.15, -0.1) is 0 Å². The number of nitrogens with one attached hydrogen (secondary N) is 1. The van der Waals surface area contributed by atoms with Crippen molar-refractivity contribution in [3.05, 3.63) is 53.4 Å². The second-order valence-corrected chi connectivity index (χ2v) is 4.87. The number of halogens is 1. The van der Waals surface area contributed by atoms with E-state index in [-0.39, 0.29) is 24.9 Å². The largest absolute Gasteiger partial charge is 0.467 e. The van der Waals surface area contributed by atoms with Gasteiger partial charge in [0.2, 0.25) is 11.8 Å². The Morgan fingerprint density at radius 3 is 2.52 bits per heavy atom. The van der Waals surface area contributed by atoms with Gasteiger partial charge >= 0.3 is 0 Å². The molecule has 0 aliphatic carbocycles. The SMILES string of the molecule is CC(=O)N(CC(=O)NCc1ccco1)c1ccc(Cl)cc1. The fourth-order valence-electron chi connectivity index (χ4n) is 1.80. The molecule has 0 bridgehead atoms. The lowest BCUT2D eigenvalue weighted by molar-refractivity contribution is -0.123. The zero-order valence-electron chi connectivity index (χ0n) is 11.5. The van der Waals surface area contributed by atoms with E-state index in [4.69, 9.17) is 16.0 Å². The molecule has 1 N–H and O–H groups in total. The van der Waals surface area contributed by atoms with Gasteiger partial charge in [0, 0.05) is 17.6 Å². The lowest BCUT2D eigenvalue weighted by Crippen LogP contribution is -2.39. The van der Waals surface area contributed by atoms with E-state index in [0.717, 1.165) is 0 Å². The Hall–Kier alpha value is -2.27. The number of anilines is 1. The van der Waals surface area contributed by atoms with Crippen molar-refractivity contribution < 1.29 is 14.0 Å². The van der Waals surface area contributed by atoms with Crippen molar-refractivity contribution in [2.75, 3.05) is 11.4 Å². The highest BCUT2D eigenvalue weighted by Crippen LogP contribution is 2.18. The summed E-state index contributed by atoms with van der Waals surface area (Å²) in [7, 11) is 0. The fourth-order valence-corrected chi connectivity index (χ4v) is 1.93. The van der Waals surface area contributed by atoms with Crippen LogP contribution in [0, 0.1) is 0 Å². The summed E-state index contributed by atoms with van der Waals surface area (Å²) in [6, 6.07) is 10.3. The standard InChI is InChI=1S/C15H15ClN2O3/c1-11(19)18(13-6-4-12(16)5-7-13)10-15(20)17-9-14-3-2-8-21-14/h2-8H,9-10H2,1H3,(H,17,20). The predicted octanol–water partition coefficient (Wildman–Crippen LogP) is 2.60. The van der Waals surface area contributed by atoms with Crippen molar-refractivity contribution >= 4 is 29.1 Å². The second-order valence-electron chi connectivity index (χ2n) is 4.44. The van der Waals surface area contributed by atoms with Gasteiger partial charge in [-0.05, 0) is 36.4 Å². The number of carbonyl (C=O) groups excluding carboxylic acids is 2. The molecular weight excluding hydrogens is 292 g/mol. The van der Waals surface area contributed by atoms with Gasteiger partial charge in [0.25, 0.3) is 0 Å². The molecule has 1 heterocycles. The summed E-state index contributed by atoms with van der Waals surface area (Å²) in [5.41, 5.74) is 0.625. The molecule has 2 amide bonds. The predicted molar refractivity (Wildman–Crippen MR) is 80.0 cm³/mol. The lowest BCUT2D eigenvalue weighted by Gasteiger charge is -2.20. The number of hydrogen-bond donors (Lipinski definition) is 1. The van der Waals surface area contributed by atoms with E-state index in [1.807, 2.05) is 0 Å². The molecule has 0 unspecified atom stereocenters. The zero-order chi connectivity index (χ0) is 15.2. The van der Waals surface area contributed by atoms with E-state index in [0.29, 0.717) is 16.5 Å². The Morgan fingerprint density at radius 1 is 1.24 bits per heavy atom. The van der Waals surface area contributed by atoms with Gasteiger partial charge in [-0.2, -0.15) is 0 Å². The van der Waals surface area contributed by atoms with Crippen molar-refractivity contribution in [2.45, 2.75) is 13.5 Å². The van der Waals surface area contributed by atoms with Gasteiger partial charge < -0.3 is 14.6 Å². The van der Waals surface area contributed by atoms with Crippen LogP contribution in [0.15, 0.2) is 47.1 Å². The molecule has 5 nitrogen and oxygen atoms in total. The highest BCUT2D eigenvalue weighted by atomic mass is 35.5. The molecule has 1 aromatic heterocycles. The molecule has 0 saturated heterocycles. The van der Waals surface area contributed by atoms with Gasteiger partial charge in [-0.25, -0.2) is 0 Å². The number of rotatable bonds is 5. The number of hydrogen-bond acceptors (Lipinski definition) is 3. The molecule has 0 aliphatic heterocycles. The van der Waals surface area contributed by atoms with E-state index in [1.165, 1.54) is 18.1 Å². The van der Waals surface area contributed by atoms with Gasteiger partial charge in [0.1, 0.15) is 12.3 Å². The minimum Gasteiger partial charge on any atom is -0.467 e. The summed E-state index contributed by atoms with van der Waals surface area (Å²) in [5.74, 6) is 0.172. The maximum atomic E-state index is 11.9. The molecule has 0 fully saturated rings. The maximum absolute atomic E-state index is 11.9. The number of furan rings is 1. The lowest BCUT2D eigenvalue weighted by atomic mass is 10.2. The summed E-state index contributed by atoms with van der Waals surface area (Å²) in [6.45, 7) is 1.64. The highest BCUT2D eigenvalue weighted by molar-refractivity contribution is 6.30. The van der Waals surface area contributed by atoms with Crippen LogP contribution in [0.5, 0.6) is 0 Å². The minimum absolute atomic E-state index is 0.0579. The van der Waals surface area contributed by atoms with E-state index < -0.39 is 0 Å². The van der Waals surface area contributed by atoms with E-state index >= 15 is 0 Å². The van der Waals surface area contributed by atoms with Crippen LogP contribution in [0.1, 0.15) is 12.7 Å². The monoisotopic (exact) mass is 306 g/mol. The Morgan fingerprint density at radius 2 is 1.95 bits per heavy atom. The van der Waals surface area contributed by atoms with Gasteiger partial charge in [0.15, 0.2) is 0 Å². The minimum atomic E-state index is -0.267. The molecule has 6 heteroatoms. The topological polar surface area (TPSA) is 62.6 Å². The Kier molecular flexibility index (Phi) is 5.00. The molecule has 0 radical (unpaired) electrons. The van der Waals surface area contributed by atoms with Crippen molar-refractivity contribution in [3.63, 3.8) is 0 Å². The van der Waals surface area contributed by atoms with Gasteiger partial charge in [0.05, 0.1) is 12.8 Å². The van der Waals surface area contributed by atoms with Crippen molar-refractivity contribution in [1.82, 2.24) is 5.32 Å². The molecule has 21 heavy (non-hydrogen) atoms. The van der Waals surface area contributed by atoms with Crippen molar-refractivity contribution in [3.8, 4) is 0 Å². The Labute approximate surface area is 127 Å². The quantitative estimate of drug-likeness (QED) is 0.923. The average molecular weight is 307 g/mol. The highest BCUT2D eigenvalue weighted by Gasteiger charge is 2.15. The van der Waals surface area contributed by atoms with E-state index in [2.05, 4.69) is 5.32 Å². The first kappa shape index (κ1) is 15.1. The Bertz CT molecular complexity index is 608. The average Bonchev–Trinajstić information content (AvgIpc) is 2.97. The van der Waals surface area contributed by atoms with E-state index in [1.54, 1.807) is 36.4 Å². The first-order chi connectivity index (χ1) is 10.1. The number of nitrogens with zero attached hydrogens (tertiary/aromatic N) is 1. The second kappa shape index (κ2) is 6.95. The number of carbonyl (C=O) groups is 2. The van der Waals surface area contributed by atoms with E-state index in [9.17, 15) is 9.59 Å². The Balaban J connectivity index is 1.97. The summed E-state index contributed by atoms with van der Waals surface area (Å²) in [4.78, 5) is 25.0. The molecule has 2 aromatic rings. The van der Waals surface area contributed by atoms with Crippen LogP contribution >= 0.6 is 11.6 Å². The fraction of sp³-hybridized carbons (Fsp3) is 0.200. The summed E-state index contributed by atoms with van der Waals surface area (Å²) >= 11 is 5.82. The van der Waals surface area contributed by atoms with Crippen LogP contribution in [-0.2, 0) is 16.1 Å². The van der Waals surface area contributed by atoms with Crippen molar-refractivity contribution in [2.24, 2.45) is 0 Å². The molecular formula is C15H15ClN2O3.